The van der Waals surface area contributed by atoms with Gasteiger partial charge in [0.15, 0.2) is 5.82 Å². The molecule has 2 amide bonds. The first-order valence-corrected chi connectivity index (χ1v) is 13.6. The standard InChI is InChI=1S/C29H37N7O4/c1-8-39-27-25-31-18(3)14-36(25)16-23(33-27)32-26(37)20-9-10-22(21-13-17(2)30-24(20)21)35-12-11-19(15-35)34(7)28(38)40-29(4,5)6/h9-10,13-14,16,19,30H,8,11-12,15H2,1-7H3,(H,32,37). The summed E-state index contributed by atoms with van der Waals surface area (Å²) in [6.07, 6.45) is 4.10. The van der Waals surface area contributed by atoms with Crippen molar-refractivity contribution in [1.82, 2.24) is 24.3 Å². The molecule has 0 spiro atoms. The van der Waals surface area contributed by atoms with E-state index in [9.17, 15) is 9.59 Å². The fraction of sp³-hybridized carbons (Fsp3) is 0.448. The fourth-order valence-electron chi connectivity index (χ4n) is 5.13. The second-order valence-electron chi connectivity index (χ2n) is 11.3. The van der Waals surface area contributed by atoms with E-state index in [-0.39, 0.29) is 18.0 Å². The number of imidazole rings is 1. The highest BCUT2D eigenvalue weighted by Crippen LogP contribution is 2.34. The molecule has 1 aliphatic heterocycles. The number of aryl methyl sites for hydroxylation is 2. The second-order valence-corrected chi connectivity index (χ2v) is 11.3. The molecule has 0 bridgehead atoms. The average Bonchev–Trinajstić information content (AvgIpc) is 3.59. The van der Waals surface area contributed by atoms with E-state index in [1.807, 2.05) is 59.9 Å². The predicted molar refractivity (Wildman–Crippen MR) is 154 cm³/mol. The van der Waals surface area contributed by atoms with Crippen molar-refractivity contribution in [3.8, 4) is 5.88 Å². The Morgan fingerprint density at radius 2 is 1.98 bits per heavy atom. The molecule has 5 rings (SSSR count). The number of carbonyl (C=O) groups is 2. The third-order valence-electron chi connectivity index (χ3n) is 6.93. The number of carbonyl (C=O) groups excluding carboxylic acids is 2. The van der Waals surface area contributed by atoms with Gasteiger partial charge in [0.25, 0.3) is 11.8 Å². The lowest BCUT2D eigenvalue weighted by Gasteiger charge is -2.29. The Morgan fingerprint density at radius 1 is 1.20 bits per heavy atom. The van der Waals surface area contributed by atoms with Crippen LogP contribution in [0.3, 0.4) is 0 Å². The molecule has 1 aromatic carbocycles. The zero-order chi connectivity index (χ0) is 28.8. The Balaban J connectivity index is 1.39. The Kier molecular flexibility index (Phi) is 7.07. The van der Waals surface area contributed by atoms with Crippen LogP contribution in [-0.2, 0) is 4.74 Å². The van der Waals surface area contributed by atoms with Gasteiger partial charge in [-0.1, -0.05) is 0 Å². The van der Waals surface area contributed by atoms with Gasteiger partial charge in [0.05, 0.1) is 35.6 Å². The molecule has 11 nitrogen and oxygen atoms in total. The van der Waals surface area contributed by atoms with Gasteiger partial charge in [-0.3, -0.25) is 9.20 Å². The molecule has 4 heterocycles. The zero-order valence-electron chi connectivity index (χ0n) is 24.2. The smallest absolute Gasteiger partial charge is 0.410 e. The van der Waals surface area contributed by atoms with Crippen molar-refractivity contribution in [3.63, 3.8) is 0 Å². The van der Waals surface area contributed by atoms with Crippen molar-refractivity contribution < 1.29 is 19.1 Å². The first-order valence-electron chi connectivity index (χ1n) is 13.6. The lowest BCUT2D eigenvalue weighted by atomic mass is 10.1. The second kappa shape index (κ2) is 10.4. The van der Waals surface area contributed by atoms with E-state index in [0.717, 1.165) is 40.9 Å². The van der Waals surface area contributed by atoms with Crippen LogP contribution < -0.4 is 15.0 Å². The van der Waals surface area contributed by atoms with Crippen LogP contribution in [0.1, 0.15) is 55.9 Å². The number of nitrogens with zero attached hydrogens (tertiary/aromatic N) is 5. The van der Waals surface area contributed by atoms with Crippen LogP contribution in [-0.4, -0.2) is 74.6 Å². The van der Waals surface area contributed by atoms with Gasteiger partial charge in [-0.05, 0) is 66.2 Å². The topological polar surface area (TPSA) is 117 Å². The van der Waals surface area contributed by atoms with Crippen LogP contribution in [0, 0.1) is 13.8 Å². The highest BCUT2D eigenvalue weighted by Gasteiger charge is 2.32. The molecule has 4 aromatic rings. The summed E-state index contributed by atoms with van der Waals surface area (Å²) < 4.78 is 13.0. The Hall–Kier alpha value is -4.28. The molecule has 1 aliphatic rings. The maximum atomic E-state index is 13.5. The Morgan fingerprint density at radius 3 is 2.70 bits per heavy atom. The molecule has 0 radical (unpaired) electrons. The molecule has 0 saturated carbocycles. The quantitative estimate of drug-likeness (QED) is 0.352. The summed E-state index contributed by atoms with van der Waals surface area (Å²) in [6.45, 7) is 13.2. The maximum Gasteiger partial charge on any atom is 0.410 e. The minimum absolute atomic E-state index is 0.0280. The molecule has 40 heavy (non-hydrogen) atoms. The van der Waals surface area contributed by atoms with Crippen molar-refractivity contribution in [1.29, 1.82) is 0 Å². The van der Waals surface area contributed by atoms with E-state index in [2.05, 4.69) is 31.2 Å². The van der Waals surface area contributed by atoms with E-state index in [1.165, 1.54) is 0 Å². The first kappa shape index (κ1) is 27.3. The number of aromatic nitrogens is 4. The summed E-state index contributed by atoms with van der Waals surface area (Å²) in [5.41, 5.74) is 4.11. The van der Waals surface area contributed by atoms with Gasteiger partial charge in [-0.2, -0.15) is 4.98 Å². The molecule has 2 N–H and O–H groups in total. The Labute approximate surface area is 233 Å². The van der Waals surface area contributed by atoms with Crippen LogP contribution >= 0.6 is 0 Å². The molecule has 0 aliphatic carbocycles. The third-order valence-corrected chi connectivity index (χ3v) is 6.93. The summed E-state index contributed by atoms with van der Waals surface area (Å²) in [4.78, 5) is 42.4. The van der Waals surface area contributed by atoms with Crippen molar-refractivity contribution in [2.45, 2.75) is 59.6 Å². The van der Waals surface area contributed by atoms with Gasteiger partial charge in [0.2, 0.25) is 5.65 Å². The number of nitrogens with one attached hydrogen (secondary N) is 2. The summed E-state index contributed by atoms with van der Waals surface area (Å²) in [7, 11) is 1.79. The van der Waals surface area contributed by atoms with Crippen molar-refractivity contribution in [2.24, 2.45) is 0 Å². The molecule has 1 fully saturated rings. The van der Waals surface area contributed by atoms with Gasteiger partial charge < -0.3 is 29.6 Å². The minimum Gasteiger partial charge on any atom is -0.475 e. The number of hydrogen-bond donors (Lipinski definition) is 2. The number of H-pyrrole nitrogens is 1. The van der Waals surface area contributed by atoms with E-state index in [4.69, 9.17) is 9.47 Å². The van der Waals surface area contributed by atoms with E-state index >= 15 is 0 Å². The summed E-state index contributed by atoms with van der Waals surface area (Å²) in [5, 5.41) is 3.88. The van der Waals surface area contributed by atoms with Crippen LogP contribution in [0.15, 0.2) is 30.6 Å². The van der Waals surface area contributed by atoms with Gasteiger partial charge in [0.1, 0.15) is 5.60 Å². The largest absolute Gasteiger partial charge is 0.475 e. The highest BCUT2D eigenvalue weighted by molar-refractivity contribution is 6.14. The number of aromatic amines is 1. The zero-order valence-corrected chi connectivity index (χ0v) is 24.2. The predicted octanol–water partition coefficient (Wildman–Crippen LogP) is 4.92. The van der Waals surface area contributed by atoms with E-state index in [0.29, 0.717) is 36.1 Å². The molecule has 212 valence electrons. The van der Waals surface area contributed by atoms with E-state index in [1.54, 1.807) is 22.5 Å². The number of fused-ring (bicyclic) bond motifs is 2. The van der Waals surface area contributed by atoms with Gasteiger partial charge in [-0.25, -0.2) is 9.78 Å². The lowest BCUT2D eigenvalue weighted by molar-refractivity contribution is 0.0237. The molecular formula is C29H37N7O4. The number of ether oxygens (including phenoxy) is 2. The summed E-state index contributed by atoms with van der Waals surface area (Å²) >= 11 is 0. The molecule has 11 heteroatoms. The van der Waals surface area contributed by atoms with Gasteiger partial charge >= 0.3 is 6.09 Å². The molecule has 1 unspecified atom stereocenters. The summed E-state index contributed by atoms with van der Waals surface area (Å²) in [5.74, 6) is 0.449. The SMILES string of the molecule is CCOc1nc(NC(=O)c2ccc(N3CCC(N(C)C(=O)OC(C)(C)C)C3)c3cc(C)[nH]c23)cn2cc(C)nc12. The maximum absolute atomic E-state index is 13.5. The van der Waals surface area contributed by atoms with Crippen LogP contribution in [0.4, 0.5) is 16.3 Å². The number of anilines is 2. The van der Waals surface area contributed by atoms with Crippen LogP contribution in [0.25, 0.3) is 16.6 Å². The molecule has 1 saturated heterocycles. The molecule has 3 aromatic heterocycles. The Bertz CT molecular complexity index is 1580. The lowest BCUT2D eigenvalue weighted by Crippen LogP contribution is -2.42. The summed E-state index contributed by atoms with van der Waals surface area (Å²) in [6, 6.07) is 5.89. The van der Waals surface area contributed by atoms with Gasteiger partial charge in [-0.15, -0.1) is 0 Å². The van der Waals surface area contributed by atoms with Crippen molar-refractivity contribution in [3.05, 3.63) is 47.5 Å². The number of amides is 2. The number of rotatable bonds is 6. The molecular weight excluding hydrogens is 510 g/mol. The van der Waals surface area contributed by atoms with Gasteiger partial charge in [0, 0.05) is 43.1 Å². The monoisotopic (exact) mass is 547 g/mol. The number of hydrogen-bond acceptors (Lipinski definition) is 7. The van der Waals surface area contributed by atoms with Crippen molar-refractivity contribution in [2.75, 3.05) is 37.0 Å². The average molecular weight is 548 g/mol. The molecule has 1 atom stereocenters. The fourth-order valence-corrected chi connectivity index (χ4v) is 5.13. The highest BCUT2D eigenvalue weighted by atomic mass is 16.6. The van der Waals surface area contributed by atoms with Crippen molar-refractivity contribution >= 4 is 40.1 Å². The van der Waals surface area contributed by atoms with Crippen LogP contribution in [0.5, 0.6) is 5.88 Å². The minimum atomic E-state index is -0.543. The normalized spacial score (nSPS) is 15.6. The third kappa shape index (κ3) is 5.41. The van der Waals surface area contributed by atoms with E-state index < -0.39 is 5.60 Å². The number of likely N-dealkylation sites (N-methyl/N-ethyl adjacent to an activating group) is 1. The number of benzene rings is 1. The first-order chi connectivity index (χ1) is 18.9. The van der Waals surface area contributed by atoms with Crippen LogP contribution in [0.2, 0.25) is 0 Å².